The third kappa shape index (κ3) is 4.75. The van der Waals surface area contributed by atoms with Crippen LogP contribution in [0.25, 0.3) is 0 Å². The van der Waals surface area contributed by atoms with Gasteiger partial charge in [-0.05, 0) is 49.4 Å². The summed E-state index contributed by atoms with van der Waals surface area (Å²) in [5, 5.41) is 6.21. The number of amides is 2. The number of hydrogen-bond acceptors (Lipinski definition) is 4. The summed E-state index contributed by atoms with van der Waals surface area (Å²) in [6.45, 7) is 6.98. The molecule has 1 N–H and O–H groups in total. The highest BCUT2D eigenvalue weighted by Crippen LogP contribution is 2.28. The van der Waals surface area contributed by atoms with Crippen LogP contribution in [0.3, 0.4) is 0 Å². The van der Waals surface area contributed by atoms with Crippen molar-refractivity contribution in [2.45, 2.75) is 45.6 Å². The first-order chi connectivity index (χ1) is 12.7. The first-order valence-corrected chi connectivity index (χ1v) is 10.2. The van der Waals surface area contributed by atoms with Crippen molar-refractivity contribution >= 4 is 17.4 Å². The molecule has 0 aliphatic carbocycles. The van der Waals surface area contributed by atoms with E-state index in [-0.39, 0.29) is 6.03 Å². The number of urea groups is 1. The fourth-order valence-corrected chi connectivity index (χ4v) is 4.03. The second-order valence-electron chi connectivity index (χ2n) is 6.75. The fourth-order valence-electron chi connectivity index (χ4n) is 3.26. The van der Waals surface area contributed by atoms with E-state index in [4.69, 9.17) is 4.74 Å². The number of nitrogens with zero attached hydrogens (tertiary/aromatic N) is 2. The van der Waals surface area contributed by atoms with Gasteiger partial charge in [0.05, 0.1) is 11.6 Å². The Bertz CT molecular complexity index is 718. The number of carbonyl (C=O) groups is 1. The molecule has 1 aliphatic heterocycles. The summed E-state index contributed by atoms with van der Waals surface area (Å²) in [4.78, 5) is 18.9. The van der Waals surface area contributed by atoms with Crippen LogP contribution < -0.4 is 10.1 Å². The summed E-state index contributed by atoms with van der Waals surface area (Å²) < 4.78 is 5.66. The van der Waals surface area contributed by atoms with Crippen molar-refractivity contribution in [2.75, 3.05) is 19.7 Å². The number of nitrogens with one attached hydrogen (secondary N) is 1. The molecule has 6 heteroatoms. The molecule has 1 aliphatic rings. The molecule has 1 aromatic heterocycles. The van der Waals surface area contributed by atoms with Crippen LogP contribution in [0.2, 0.25) is 0 Å². The van der Waals surface area contributed by atoms with Crippen molar-refractivity contribution in [2.24, 2.45) is 0 Å². The lowest BCUT2D eigenvalue weighted by Gasteiger charge is -2.32. The van der Waals surface area contributed by atoms with Gasteiger partial charge in [0.2, 0.25) is 0 Å². The van der Waals surface area contributed by atoms with Crippen molar-refractivity contribution in [1.29, 1.82) is 0 Å². The molecule has 1 atom stereocenters. The summed E-state index contributed by atoms with van der Waals surface area (Å²) in [6, 6.07) is 6.06. The number of likely N-dealkylation sites (tertiary alicyclic amines) is 1. The van der Waals surface area contributed by atoms with Gasteiger partial charge in [-0.2, -0.15) is 0 Å². The molecule has 1 fully saturated rings. The Balaban J connectivity index is 1.53. The molecule has 2 amide bonds. The zero-order chi connectivity index (χ0) is 18.4. The lowest BCUT2D eigenvalue weighted by molar-refractivity contribution is 0.179. The number of hydrogen-bond donors (Lipinski definition) is 1. The van der Waals surface area contributed by atoms with Gasteiger partial charge in [-0.15, -0.1) is 11.3 Å². The lowest BCUT2D eigenvalue weighted by Crippen LogP contribution is -2.44. The lowest BCUT2D eigenvalue weighted by atomic mass is 9.99. The number of piperidine rings is 1. The molecule has 0 unspecified atom stereocenters. The summed E-state index contributed by atoms with van der Waals surface area (Å²) in [7, 11) is 0. The minimum absolute atomic E-state index is 0.0111. The predicted molar refractivity (Wildman–Crippen MR) is 105 cm³/mol. The van der Waals surface area contributed by atoms with Crippen LogP contribution >= 0.6 is 11.3 Å². The summed E-state index contributed by atoms with van der Waals surface area (Å²) in [6.07, 6.45) is 4.97. The average molecular weight is 374 g/mol. The van der Waals surface area contributed by atoms with E-state index in [1.54, 1.807) is 11.3 Å². The molecule has 0 spiro atoms. The minimum atomic E-state index is 0.0111. The number of aryl methyl sites for hydroxylation is 1. The van der Waals surface area contributed by atoms with Gasteiger partial charge in [0.25, 0.3) is 0 Å². The molecule has 3 rings (SSSR count). The van der Waals surface area contributed by atoms with Crippen molar-refractivity contribution in [1.82, 2.24) is 15.2 Å². The van der Waals surface area contributed by atoms with Gasteiger partial charge in [-0.1, -0.05) is 13.0 Å². The van der Waals surface area contributed by atoms with Gasteiger partial charge in [-0.25, -0.2) is 9.78 Å². The van der Waals surface area contributed by atoms with E-state index in [1.807, 2.05) is 34.7 Å². The van der Waals surface area contributed by atoms with E-state index >= 15 is 0 Å². The largest absolute Gasteiger partial charge is 0.494 e. The van der Waals surface area contributed by atoms with E-state index in [9.17, 15) is 4.79 Å². The Hall–Kier alpha value is -2.08. The first kappa shape index (κ1) is 18.7. The molecule has 0 saturated carbocycles. The number of ether oxygens (including phenoxy) is 1. The highest BCUT2D eigenvalue weighted by Gasteiger charge is 2.26. The van der Waals surface area contributed by atoms with Crippen LogP contribution in [-0.2, 0) is 6.54 Å². The fraction of sp³-hybridized carbons (Fsp3) is 0.500. The third-order valence-electron chi connectivity index (χ3n) is 4.73. The van der Waals surface area contributed by atoms with Gasteiger partial charge in [-0.3, -0.25) is 0 Å². The van der Waals surface area contributed by atoms with E-state index in [0.717, 1.165) is 60.8 Å². The van der Waals surface area contributed by atoms with Gasteiger partial charge < -0.3 is 15.0 Å². The zero-order valence-electron chi connectivity index (χ0n) is 15.5. The number of thiazole rings is 1. The van der Waals surface area contributed by atoms with Crippen LogP contribution in [0, 0.1) is 6.92 Å². The van der Waals surface area contributed by atoms with Crippen molar-refractivity contribution < 1.29 is 9.53 Å². The van der Waals surface area contributed by atoms with E-state index in [1.165, 1.54) is 0 Å². The van der Waals surface area contributed by atoms with Crippen LogP contribution in [0.5, 0.6) is 5.75 Å². The Morgan fingerprint density at radius 1 is 1.46 bits per heavy atom. The Morgan fingerprint density at radius 2 is 2.35 bits per heavy atom. The molecule has 1 aromatic carbocycles. The summed E-state index contributed by atoms with van der Waals surface area (Å²) in [5.74, 6) is 1.26. The molecule has 26 heavy (non-hydrogen) atoms. The molecule has 2 aromatic rings. The van der Waals surface area contributed by atoms with Crippen LogP contribution in [0.1, 0.15) is 48.2 Å². The standard InChI is InChI=1S/C20H27N3O2S/c1-3-10-25-18-7-6-16(15(2)12-18)13-22-20(24)23-9-4-5-17(14-23)19-21-8-11-26-19/h6-8,11-12,17H,3-5,9-10,13-14H2,1-2H3,(H,22,24)/t17-/m1/s1. The minimum Gasteiger partial charge on any atom is -0.494 e. The van der Waals surface area contributed by atoms with E-state index < -0.39 is 0 Å². The highest BCUT2D eigenvalue weighted by atomic mass is 32.1. The van der Waals surface area contributed by atoms with E-state index in [2.05, 4.69) is 24.1 Å². The maximum absolute atomic E-state index is 12.6. The van der Waals surface area contributed by atoms with Crippen molar-refractivity contribution in [3.05, 3.63) is 45.9 Å². The maximum Gasteiger partial charge on any atom is 0.317 e. The van der Waals surface area contributed by atoms with Crippen LogP contribution in [-0.4, -0.2) is 35.6 Å². The highest BCUT2D eigenvalue weighted by molar-refractivity contribution is 7.09. The second-order valence-corrected chi connectivity index (χ2v) is 7.68. The Labute approximate surface area is 159 Å². The molecule has 140 valence electrons. The SMILES string of the molecule is CCCOc1ccc(CNC(=O)N2CCC[C@@H](c3nccs3)C2)c(C)c1. The Kier molecular flexibility index (Phi) is 6.50. The Morgan fingerprint density at radius 3 is 3.08 bits per heavy atom. The quantitative estimate of drug-likeness (QED) is 0.820. The van der Waals surface area contributed by atoms with Crippen LogP contribution in [0.4, 0.5) is 4.79 Å². The summed E-state index contributed by atoms with van der Waals surface area (Å²) >= 11 is 1.68. The average Bonchev–Trinajstić information content (AvgIpc) is 3.20. The van der Waals surface area contributed by atoms with Crippen LogP contribution in [0.15, 0.2) is 29.8 Å². The molecular formula is C20H27N3O2S. The molecule has 0 bridgehead atoms. The van der Waals surface area contributed by atoms with Gasteiger partial charge in [0.15, 0.2) is 0 Å². The first-order valence-electron chi connectivity index (χ1n) is 9.32. The molecule has 1 saturated heterocycles. The second kappa shape index (κ2) is 9.03. The monoisotopic (exact) mass is 373 g/mol. The van der Waals surface area contributed by atoms with Crippen molar-refractivity contribution in [3.63, 3.8) is 0 Å². The molecule has 0 radical (unpaired) electrons. The van der Waals surface area contributed by atoms with Gasteiger partial charge in [0.1, 0.15) is 5.75 Å². The molecular weight excluding hydrogens is 346 g/mol. The van der Waals surface area contributed by atoms with E-state index in [0.29, 0.717) is 12.5 Å². The predicted octanol–water partition coefficient (Wildman–Crippen LogP) is 4.33. The zero-order valence-corrected chi connectivity index (χ0v) is 16.3. The van der Waals surface area contributed by atoms with Gasteiger partial charge in [0, 0.05) is 37.1 Å². The topological polar surface area (TPSA) is 54.5 Å². The normalized spacial score (nSPS) is 17.2. The molecule has 5 nitrogen and oxygen atoms in total. The smallest absolute Gasteiger partial charge is 0.317 e. The molecule has 2 heterocycles. The number of carbonyl (C=O) groups excluding carboxylic acids is 1. The third-order valence-corrected chi connectivity index (χ3v) is 5.66. The van der Waals surface area contributed by atoms with Gasteiger partial charge >= 0.3 is 6.03 Å². The number of aromatic nitrogens is 1. The number of rotatable bonds is 6. The van der Waals surface area contributed by atoms with Crippen molar-refractivity contribution in [3.8, 4) is 5.75 Å². The maximum atomic E-state index is 12.6. The number of benzene rings is 1. The summed E-state index contributed by atoms with van der Waals surface area (Å²) in [5.41, 5.74) is 2.26.